The second kappa shape index (κ2) is 4.18. The Balaban J connectivity index is 3.05. The Labute approximate surface area is 80.6 Å². The van der Waals surface area contributed by atoms with Gasteiger partial charge in [0.25, 0.3) is 0 Å². The number of phenolic OH excluding ortho intramolecular Hbond substituents is 1. The van der Waals surface area contributed by atoms with Crippen molar-refractivity contribution < 1.29 is 5.11 Å². The van der Waals surface area contributed by atoms with E-state index in [1.807, 2.05) is 19.1 Å². The number of hydrogen-bond donors (Lipinski definition) is 1. The number of benzene rings is 1. The van der Waals surface area contributed by atoms with Crippen molar-refractivity contribution in [3.63, 3.8) is 0 Å². The fraction of sp³-hybridized carbons (Fsp3) is 0.200. The molecule has 0 amide bonds. The Morgan fingerprint density at radius 3 is 2.92 bits per heavy atom. The van der Waals surface area contributed by atoms with Crippen LogP contribution in [0.3, 0.4) is 0 Å². The molecule has 1 aromatic carbocycles. The zero-order chi connectivity index (χ0) is 8.97. The van der Waals surface area contributed by atoms with Gasteiger partial charge in [-0.3, -0.25) is 0 Å². The molecule has 0 aliphatic heterocycles. The SMILES string of the molecule is Cc1ccc(O)c(C#CCBr)c1. The third kappa shape index (κ3) is 2.28. The number of alkyl halides is 1. The highest BCUT2D eigenvalue weighted by atomic mass is 79.9. The summed E-state index contributed by atoms with van der Waals surface area (Å²) >= 11 is 3.19. The van der Waals surface area contributed by atoms with Gasteiger partial charge in [-0.1, -0.05) is 33.8 Å². The van der Waals surface area contributed by atoms with Crippen molar-refractivity contribution in [3.8, 4) is 17.6 Å². The Morgan fingerprint density at radius 2 is 2.25 bits per heavy atom. The summed E-state index contributed by atoms with van der Waals surface area (Å²) in [6.45, 7) is 1.97. The first-order valence-electron chi connectivity index (χ1n) is 3.58. The number of aryl methyl sites for hydroxylation is 1. The van der Waals surface area contributed by atoms with E-state index in [0.29, 0.717) is 10.9 Å². The first kappa shape index (κ1) is 9.15. The summed E-state index contributed by atoms with van der Waals surface area (Å²) in [6, 6.07) is 5.38. The van der Waals surface area contributed by atoms with Crippen LogP contribution in [0.1, 0.15) is 11.1 Å². The van der Waals surface area contributed by atoms with E-state index in [9.17, 15) is 5.11 Å². The zero-order valence-electron chi connectivity index (χ0n) is 6.76. The van der Waals surface area contributed by atoms with Crippen LogP contribution in [0.25, 0.3) is 0 Å². The van der Waals surface area contributed by atoms with Crippen molar-refractivity contribution >= 4 is 15.9 Å². The van der Waals surface area contributed by atoms with Crippen molar-refractivity contribution in [1.82, 2.24) is 0 Å². The topological polar surface area (TPSA) is 20.2 Å². The Hall–Kier alpha value is -0.940. The van der Waals surface area contributed by atoms with E-state index >= 15 is 0 Å². The van der Waals surface area contributed by atoms with E-state index in [4.69, 9.17) is 0 Å². The molecule has 1 rings (SSSR count). The number of halogens is 1. The van der Waals surface area contributed by atoms with Gasteiger partial charge in [0.05, 0.1) is 10.9 Å². The first-order valence-corrected chi connectivity index (χ1v) is 4.70. The molecule has 0 unspecified atom stereocenters. The lowest BCUT2D eigenvalue weighted by Gasteiger charge is -1.97. The normalized spacial score (nSPS) is 8.83. The van der Waals surface area contributed by atoms with Gasteiger partial charge in [-0.05, 0) is 24.6 Å². The highest BCUT2D eigenvalue weighted by molar-refractivity contribution is 9.09. The maximum absolute atomic E-state index is 9.34. The molecule has 0 aliphatic rings. The molecule has 1 aromatic rings. The second-order valence-electron chi connectivity index (χ2n) is 2.46. The summed E-state index contributed by atoms with van der Waals surface area (Å²) in [5, 5.41) is 9.97. The molecular formula is C10H9BrO. The maximum atomic E-state index is 9.34. The van der Waals surface area contributed by atoms with E-state index in [2.05, 4.69) is 27.8 Å². The van der Waals surface area contributed by atoms with Crippen LogP contribution in [0.5, 0.6) is 5.75 Å². The minimum Gasteiger partial charge on any atom is -0.507 e. The van der Waals surface area contributed by atoms with Gasteiger partial charge in [0.2, 0.25) is 0 Å². The van der Waals surface area contributed by atoms with E-state index in [0.717, 1.165) is 5.56 Å². The smallest absolute Gasteiger partial charge is 0.131 e. The van der Waals surface area contributed by atoms with Gasteiger partial charge in [0, 0.05) is 0 Å². The van der Waals surface area contributed by atoms with Crippen molar-refractivity contribution in [2.45, 2.75) is 6.92 Å². The molecule has 12 heavy (non-hydrogen) atoms. The third-order valence-corrected chi connectivity index (χ3v) is 1.72. The molecule has 1 nitrogen and oxygen atoms in total. The van der Waals surface area contributed by atoms with Crippen LogP contribution in [0, 0.1) is 18.8 Å². The highest BCUT2D eigenvalue weighted by Gasteiger charge is 1.95. The van der Waals surface area contributed by atoms with Crippen molar-refractivity contribution in [1.29, 1.82) is 0 Å². The molecule has 0 atom stereocenters. The molecule has 0 aromatic heterocycles. The molecule has 0 spiro atoms. The van der Waals surface area contributed by atoms with Gasteiger partial charge in [0.15, 0.2) is 0 Å². The molecule has 1 N–H and O–H groups in total. The van der Waals surface area contributed by atoms with Gasteiger partial charge in [-0.25, -0.2) is 0 Å². The van der Waals surface area contributed by atoms with E-state index < -0.39 is 0 Å². The Morgan fingerprint density at radius 1 is 1.50 bits per heavy atom. The van der Waals surface area contributed by atoms with E-state index in [1.54, 1.807) is 6.07 Å². The molecular weight excluding hydrogens is 216 g/mol. The van der Waals surface area contributed by atoms with Crippen LogP contribution < -0.4 is 0 Å². The fourth-order valence-corrected chi connectivity index (χ4v) is 1.02. The van der Waals surface area contributed by atoms with Gasteiger partial charge in [-0.2, -0.15) is 0 Å². The first-order chi connectivity index (χ1) is 5.74. The largest absolute Gasteiger partial charge is 0.507 e. The Kier molecular flexibility index (Phi) is 3.19. The van der Waals surface area contributed by atoms with Gasteiger partial charge in [-0.15, -0.1) is 0 Å². The molecule has 0 radical (unpaired) electrons. The average molecular weight is 225 g/mol. The number of hydrogen-bond acceptors (Lipinski definition) is 1. The lowest BCUT2D eigenvalue weighted by atomic mass is 10.1. The van der Waals surface area contributed by atoms with Crippen molar-refractivity contribution in [2.24, 2.45) is 0 Å². The van der Waals surface area contributed by atoms with Crippen LogP contribution in [0.2, 0.25) is 0 Å². The summed E-state index contributed by atoms with van der Waals surface area (Å²) in [6.07, 6.45) is 0. The molecule has 0 heterocycles. The molecule has 0 saturated heterocycles. The van der Waals surface area contributed by atoms with Gasteiger partial charge < -0.3 is 5.11 Å². The summed E-state index contributed by atoms with van der Waals surface area (Å²) in [4.78, 5) is 0. The van der Waals surface area contributed by atoms with Crippen LogP contribution in [0.4, 0.5) is 0 Å². The van der Waals surface area contributed by atoms with Crippen LogP contribution in [-0.2, 0) is 0 Å². The van der Waals surface area contributed by atoms with Crippen molar-refractivity contribution in [2.75, 3.05) is 5.33 Å². The molecule has 0 fully saturated rings. The lowest BCUT2D eigenvalue weighted by molar-refractivity contribution is 0.473. The van der Waals surface area contributed by atoms with Crippen LogP contribution in [0.15, 0.2) is 18.2 Å². The second-order valence-corrected chi connectivity index (χ2v) is 3.02. The Bertz CT molecular complexity index is 333. The van der Waals surface area contributed by atoms with Crippen LogP contribution in [-0.4, -0.2) is 10.4 Å². The van der Waals surface area contributed by atoms with Gasteiger partial charge in [0.1, 0.15) is 5.75 Å². The molecule has 0 bridgehead atoms. The van der Waals surface area contributed by atoms with Crippen molar-refractivity contribution in [3.05, 3.63) is 29.3 Å². The predicted molar refractivity (Wildman–Crippen MR) is 53.5 cm³/mol. The van der Waals surface area contributed by atoms with Gasteiger partial charge >= 0.3 is 0 Å². The summed E-state index contributed by atoms with van der Waals surface area (Å²) in [5.74, 6) is 5.94. The minimum absolute atomic E-state index is 0.244. The number of aromatic hydroxyl groups is 1. The minimum atomic E-state index is 0.244. The molecule has 0 saturated carbocycles. The maximum Gasteiger partial charge on any atom is 0.131 e. The zero-order valence-corrected chi connectivity index (χ0v) is 8.35. The average Bonchev–Trinajstić information content (AvgIpc) is 2.07. The summed E-state index contributed by atoms with van der Waals surface area (Å²) < 4.78 is 0. The number of phenols is 1. The molecule has 2 heteroatoms. The quantitative estimate of drug-likeness (QED) is 0.531. The molecule has 62 valence electrons. The summed E-state index contributed by atoms with van der Waals surface area (Å²) in [5.41, 5.74) is 1.79. The highest BCUT2D eigenvalue weighted by Crippen LogP contribution is 2.16. The predicted octanol–water partition coefficient (Wildman–Crippen LogP) is 2.45. The summed E-state index contributed by atoms with van der Waals surface area (Å²) in [7, 11) is 0. The van der Waals surface area contributed by atoms with E-state index in [1.165, 1.54) is 0 Å². The monoisotopic (exact) mass is 224 g/mol. The standard InChI is InChI=1S/C10H9BrO/c1-8-4-5-10(12)9(7-8)3-2-6-11/h4-5,7,12H,6H2,1H3. The van der Waals surface area contributed by atoms with Crippen LogP contribution >= 0.6 is 15.9 Å². The number of rotatable bonds is 0. The van der Waals surface area contributed by atoms with E-state index in [-0.39, 0.29) is 5.75 Å². The molecule has 0 aliphatic carbocycles. The lowest BCUT2D eigenvalue weighted by Crippen LogP contribution is -1.78. The fourth-order valence-electron chi connectivity index (χ4n) is 0.879. The third-order valence-electron chi connectivity index (χ3n) is 1.44.